The highest BCUT2D eigenvalue weighted by Gasteiger charge is 2.31. The van der Waals surface area contributed by atoms with E-state index in [9.17, 15) is 4.79 Å². The summed E-state index contributed by atoms with van der Waals surface area (Å²) >= 11 is 1.72. The lowest BCUT2D eigenvalue weighted by atomic mass is 10.1. The second-order valence-corrected chi connectivity index (χ2v) is 8.10. The monoisotopic (exact) mass is 363 g/mol. The fourth-order valence-electron chi connectivity index (χ4n) is 3.07. The van der Waals surface area contributed by atoms with E-state index in [1.165, 1.54) is 17.7 Å². The van der Waals surface area contributed by atoms with Crippen LogP contribution in [0.5, 0.6) is 0 Å². The van der Waals surface area contributed by atoms with Crippen molar-refractivity contribution in [2.45, 2.75) is 44.3 Å². The molecule has 2 aliphatic rings. The number of likely N-dealkylation sites (tertiary alicyclic amines) is 1. The Balaban J connectivity index is 1.53. The Morgan fingerprint density at radius 3 is 2.68 bits per heavy atom. The SMILES string of the molecule is CN(C)C(=O)CN=C(NCc1cccs1)NC1CCN(C2CC2)CC1. The summed E-state index contributed by atoms with van der Waals surface area (Å²) in [5.74, 6) is 0.759. The molecular weight excluding hydrogens is 334 g/mol. The number of hydrogen-bond acceptors (Lipinski definition) is 4. The maximum absolute atomic E-state index is 11.9. The van der Waals surface area contributed by atoms with Gasteiger partial charge < -0.3 is 20.4 Å². The summed E-state index contributed by atoms with van der Waals surface area (Å²) in [6.07, 6.45) is 5.02. The number of thiophene rings is 1. The Morgan fingerprint density at radius 1 is 1.32 bits per heavy atom. The number of nitrogens with zero attached hydrogens (tertiary/aromatic N) is 3. The fraction of sp³-hybridized carbons (Fsp3) is 0.667. The second-order valence-electron chi connectivity index (χ2n) is 7.07. The molecule has 6 nitrogen and oxygen atoms in total. The number of likely N-dealkylation sites (N-methyl/N-ethyl adjacent to an activating group) is 1. The molecule has 138 valence electrons. The number of guanidine groups is 1. The van der Waals surface area contributed by atoms with E-state index in [4.69, 9.17) is 0 Å². The van der Waals surface area contributed by atoms with Gasteiger partial charge in [-0.2, -0.15) is 0 Å². The van der Waals surface area contributed by atoms with E-state index in [1.54, 1.807) is 30.3 Å². The molecule has 1 amide bonds. The van der Waals surface area contributed by atoms with E-state index in [0.717, 1.165) is 44.5 Å². The minimum atomic E-state index is 0.0146. The molecule has 0 aromatic carbocycles. The Hall–Kier alpha value is -1.60. The number of aliphatic imine (C=N–C) groups is 1. The van der Waals surface area contributed by atoms with E-state index in [-0.39, 0.29) is 12.5 Å². The highest BCUT2D eigenvalue weighted by atomic mass is 32.1. The first-order valence-corrected chi connectivity index (χ1v) is 10.0. The molecule has 3 rings (SSSR count). The van der Waals surface area contributed by atoms with Gasteiger partial charge in [-0.1, -0.05) is 6.07 Å². The molecule has 1 aliphatic heterocycles. The summed E-state index contributed by atoms with van der Waals surface area (Å²) < 4.78 is 0. The zero-order valence-corrected chi connectivity index (χ0v) is 16.0. The summed E-state index contributed by atoms with van der Waals surface area (Å²) in [6, 6.07) is 5.44. The average Bonchev–Trinajstić information content (AvgIpc) is 3.33. The molecule has 2 fully saturated rings. The summed E-state index contributed by atoms with van der Waals surface area (Å²) in [7, 11) is 3.52. The summed E-state index contributed by atoms with van der Waals surface area (Å²) in [6.45, 7) is 3.24. The number of piperidine rings is 1. The van der Waals surface area contributed by atoms with Crippen LogP contribution in [-0.2, 0) is 11.3 Å². The van der Waals surface area contributed by atoms with Gasteiger partial charge in [-0.3, -0.25) is 4.79 Å². The smallest absolute Gasteiger partial charge is 0.243 e. The normalized spacial score (nSPS) is 19.7. The molecule has 0 bridgehead atoms. The van der Waals surface area contributed by atoms with Crippen molar-refractivity contribution in [2.24, 2.45) is 4.99 Å². The molecule has 1 saturated carbocycles. The third-order valence-electron chi connectivity index (χ3n) is 4.82. The predicted molar refractivity (Wildman–Crippen MR) is 103 cm³/mol. The van der Waals surface area contributed by atoms with Crippen molar-refractivity contribution < 1.29 is 4.79 Å². The van der Waals surface area contributed by atoms with Gasteiger partial charge in [0.15, 0.2) is 5.96 Å². The molecule has 7 heteroatoms. The van der Waals surface area contributed by atoms with Gasteiger partial charge in [0, 0.05) is 44.1 Å². The lowest BCUT2D eigenvalue weighted by Gasteiger charge is -2.33. The van der Waals surface area contributed by atoms with Crippen LogP contribution in [0.3, 0.4) is 0 Å². The summed E-state index contributed by atoms with van der Waals surface area (Å²) in [5.41, 5.74) is 0. The van der Waals surface area contributed by atoms with Crippen LogP contribution in [0.4, 0.5) is 0 Å². The Kier molecular flexibility index (Phi) is 6.31. The van der Waals surface area contributed by atoms with Crippen molar-refractivity contribution in [2.75, 3.05) is 33.7 Å². The first-order valence-electron chi connectivity index (χ1n) is 9.13. The molecule has 1 aliphatic carbocycles. The lowest BCUT2D eigenvalue weighted by Crippen LogP contribution is -2.49. The van der Waals surface area contributed by atoms with Gasteiger partial charge in [0.05, 0.1) is 6.54 Å². The van der Waals surface area contributed by atoms with E-state index >= 15 is 0 Å². The first-order chi connectivity index (χ1) is 12.1. The minimum absolute atomic E-state index is 0.0146. The van der Waals surface area contributed by atoms with Gasteiger partial charge in [-0.15, -0.1) is 11.3 Å². The van der Waals surface area contributed by atoms with Crippen molar-refractivity contribution in [1.82, 2.24) is 20.4 Å². The minimum Gasteiger partial charge on any atom is -0.354 e. The van der Waals surface area contributed by atoms with E-state index < -0.39 is 0 Å². The van der Waals surface area contributed by atoms with Crippen LogP contribution in [-0.4, -0.2) is 67.5 Å². The molecule has 1 aromatic heterocycles. The zero-order chi connectivity index (χ0) is 17.6. The van der Waals surface area contributed by atoms with Crippen molar-refractivity contribution in [3.8, 4) is 0 Å². The molecule has 2 N–H and O–H groups in total. The van der Waals surface area contributed by atoms with E-state index in [0.29, 0.717) is 6.04 Å². The zero-order valence-electron chi connectivity index (χ0n) is 15.2. The lowest BCUT2D eigenvalue weighted by molar-refractivity contribution is -0.127. The van der Waals surface area contributed by atoms with E-state index in [2.05, 4.69) is 38.0 Å². The Bertz CT molecular complexity index is 574. The highest BCUT2D eigenvalue weighted by Crippen LogP contribution is 2.29. The van der Waals surface area contributed by atoms with Gasteiger partial charge in [0.2, 0.25) is 5.91 Å². The van der Waals surface area contributed by atoms with Crippen LogP contribution in [0.2, 0.25) is 0 Å². The van der Waals surface area contributed by atoms with Gasteiger partial charge in [0.1, 0.15) is 6.54 Å². The molecule has 0 radical (unpaired) electrons. The van der Waals surface area contributed by atoms with Crippen LogP contribution in [0, 0.1) is 0 Å². The third kappa shape index (κ3) is 5.71. The largest absolute Gasteiger partial charge is 0.354 e. The average molecular weight is 364 g/mol. The predicted octanol–water partition coefficient (Wildman–Crippen LogP) is 1.50. The number of carbonyl (C=O) groups excluding carboxylic acids is 1. The molecule has 0 atom stereocenters. The fourth-order valence-corrected chi connectivity index (χ4v) is 3.71. The molecule has 1 aromatic rings. The molecule has 25 heavy (non-hydrogen) atoms. The molecule has 2 heterocycles. The number of nitrogens with one attached hydrogen (secondary N) is 2. The second kappa shape index (κ2) is 8.67. The van der Waals surface area contributed by atoms with Crippen molar-refractivity contribution in [3.05, 3.63) is 22.4 Å². The maximum Gasteiger partial charge on any atom is 0.243 e. The van der Waals surface area contributed by atoms with Crippen LogP contribution in [0.15, 0.2) is 22.5 Å². The van der Waals surface area contributed by atoms with Gasteiger partial charge in [-0.25, -0.2) is 4.99 Å². The van der Waals surface area contributed by atoms with Crippen LogP contribution < -0.4 is 10.6 Å². The maximum atomic E-state index is 11.9. The number of amides is 1. The van der Waals surface area contributed by atoms with Gasteiger partial charge in [-0.05, 0) is 37.1 Å². The van der Waals surface area contributed by atoms with Crippen LogP contribution in [0.1, 0.15) is 30.6 Å². The molecular formula is C18H29N5OS. The Labute approximate surface area is 154 Å². The number of rotatable bonds is 6. The van der Waals surface area contributed by atoms with E-state index in [1.807, 2.05) is 0 Å². The summed E-state index contributed by atoms with van der Waals surface area (Å²) in [4.78, 5) is 21.8. The van der Waals surface area contributed by atoms with Crippen molar-refractivity contribution >= 4 is 23.2 Å². The standard InChI is InChI=1S/C18H29N5OS/c1-22(2)17(24)13-20-18(19-12-16-4-3-11-25-16)21-14-7-9-23(10-8-14)15-5-6-15/h3-4,11,14-15H,5-10,12-13H2,1-2H3,(H2,19,20,21). The molecule has 0 spiro atoms. The third-order valence-corrected chi connectivity index (χ3v) is 5.69. The number of hydrogen-bond donors (Lipinski definition) is 2. The van der Waals surface area contributed by atoms with Crippen LogP contribution >= 0.6 is 11.3 Å². The van der Waals surface area contributed by atoms with Gasteiger partial charge >= 0.3 is 0 Å². The van der Waals surface area contributed by atoms with Crippen molar-refractivity contribution in [1.29, 1.82) is 0 Å². The Morgan fingerprint density at radius 2 is 2.08 bits per heavy atom. The first kappa shape index (κ1) is 18.2. The number of carbonyl (C=O) groups is 1. The van der Waals surface area contributed by atoms with Gasteiger partial charge in [0.25, 0.3) is 0 Å². The quantitative estimate of drug-likeness (QED) is 0.594. The van der Waals surface area contributed by atoms with Crippen LogP contribution in [0.25, 0.3) is 0 Å². The topological polar surface area (TPSA) is 60.0 Å². The highest BCUT2D eigenvalue weighted by molar-refractivity contribution is 7.09. The summed E-state index contributed by atoms with van der Waals surface area (Å²) in [5, 5.41) is 8.99. The van der Waals surface area contributed by atoms with Crippen molar-refractivity contribution in [3.63, 3.8) is 0 Å². The molecule has 0 unspecified atom stereocenters. The molecule has 1 saturated heterocycles.